The second-order valence-electron chi connectivity index (χ2n) is 4.69. The van der Waals surface area contributed by atoms with Crippen molar-refractivity contribution in [3.63, 3.8) is 0 Å². The molecule has 0 radical (unpaired) electrons. The van der Waals surface area contributed by atoms with E-state index in [1.54, 1.807) is 7.11 Å². The van der Waals surface area contributed by atoms with E-state index in [1.807, 2.05) is 0 Å². The molecule has 3 heteroatoms. The Morgan fingerprint density at radius 3 is 2.65 bits per heavy atom. The van der Waals surface area contributed by atoms with Gasteiger partial charge in [-0.05, 0) is 49.6 Å². The third-order valence-corrected chi connectivity index (χ3v) is 3.32. The number of benzene rings is 1. The molecule has 0 aliphatic heterocycles. The first-order valence-corrected chi connectivity index (χ1v) is 5.95. The van der Waals surface area contributed by atoms with Crippen LogP contribution in [0.3, 0.4) is 0 Å². The number of nitrogens with one attached hydrogen (secondary N) is 1. The number of hydrogen-bond donors (Lipinski definition) is 2. The summed E-state index contributed by atoms with van der Waals surface area (Å²) < 4.78 is 5.43. The summed E-state index contributed by atoms with van der Waals surface area (Å²) in [6.07, 6.45) is 0. The van der Waals surface area contributed by atoms with Crippen LogP contribution in [0.15, 0.2) is 12.1 Å². The summed E-state index contributed by atoms with van der Waals surface area (Å²) in [5.74, 6) is 1.26. The van der Waals surface area contributed by atoms with Crippen LogP contribution in [0, 0.1) is 13.8 Å². The van der Waals surface area contributed by atoms with Gasteiger partial charge in [0.05, 0.1) is 12.6 Å². The molecule has 2 rings (SSSR count). The summed E-state index contributed by atoms with van der Waals surface area (Å²) in [5, 5.41) is 1.23. The van der Waals surface area contributed by atoms with Gasteiger partial charge in [0.15, 0.2) is 0 Å². The second-order valence-corrected chi connectivity index (χ2v) is 4.69. The number of ether oxygens (including phenoxy) is 1. The third kappa shape index (κ3) is 1.91. The third-order valence-electron chi connectivity index (χ3n) is 3.32. The Morgan fingerprint density at radius 1 is 1.35 bits per heavy atom. The first-order chi connectivity index (χ1) is 8.08. The van der Waals surface area contributed by atoms with Crippen LogP contribution in [0.25, 0.3) is 10.9 Å². The van der Waals surface area contributed by atoms with Crippen LogP contribution >= 0.6 is 0 Å². The number of aromatic amines is 1. The number of rotatable bonds is 3. The number of methoxy groups -OCH3 is 1. The Hall–Kier alpha value is -1.48. The van der Waals surface area contributed by atoms with Gasteiger partial charge in [0.1, 0.15) is 5.75 Å². The normalized spacial score (nSPS) is 13.0. The van der Waals surface area contributed by atoms with Crippen LogP contribution in [0.5, 0.6) is 5.75 Å². The van der Waals surface area contributed by atoms with Gasteiger partial charge < -0.3 is 15.5 Å². The molecule has 1 aromatic carbocycles. The molecular formula is C14H20N2O. The van der Waals surface area contributed by atoms with Crippen molar-refractivity contribution in [3.05, 3.63) is 29.0 Å². The number of hydrogen-bond acceptors (Lipinski definition) is 2. The van der Waals surface area contributed by atoms with Gasteiger partial charge in [0.25, 0.3) is 0 Å². The Kier molecular flexibility index (Phi) is 3.11. The number of nitrogens with two attached hydrogens (primary N) is 1. The molecule has 0 saturated carbocycles. The molecule has 92 valence electrons. The minimum atomic E-state index is 0.357. The van der Waals surface area contributed by atoms with Gasteiger partial charge in [0, 0.05) is 11.1 Å². The minimum absolute atomic E-state index is 0.357. The number of aromatic nitrogens is 1. The second kappa shape index (κ2) is 4.41. The lowest BCUT2D eigenvalue weighted by atomic mass is 9.97. The molecule has 2 aromatic rings. The molecule has 1 aromatic heterocycles. The molecule has 0 spiro atoms. The van der Waals surface area contributed by atoms with Gasteiger partial charge in [-0.25, -0.2) is 0 Å². The van der Waals surface area contributed by atoms with Gasteiger partial charge in [-0.2, -0.15) is 0 Å². The summed E-state index contributed by atoms with van der Waals surface area (Å²) in [6, 6.07) is 4.25. The SMILES string of the molecule is COc1cc(C)cc2c(C(C)CN)c(C)[nH]c12. The van der Waals surface area contributed by atoms with Crippen molar-refractivity contribution in [2.24, 2.45) is 5.73 Å². The van der Waals surface area contributed by atoms with Gasteiger partial charge in [-0.3, -0.25) is 0 Å². The predicted octanol–water partition coefficient (Wildman–Crippen LogP) is 2.86. The fraction of sp³-hybridized carbons (Fsp3) is 0.429. The zero-order chi connectivity index (χ0) is 12.6. The van der Waals surface area contributed by atoms with Gasteiger partial charge in [-0.1, -0.05) is 6.92 Å². The molecule has 1 heterocycles. The molecule has 0 aliphatic carbocycles. The lowest BCUT2D eigenvalue weighted by molar-refractivity contribution is 0.418. The van der Waals surface area contributed by atoms with Crippen molar-refractivity contribution in [3.8, 4) is 5.75 Å². The fourth-order valence-corrected chi connectivity index (χ4v) is 2.47. The Morgan fingerprint density at radius 2 is 2.06 bits per heavy atom. The summed E-state index contributed by atoms with van der Waals surface area (Å²) in [6.45, 7) is 6.99. The molecule has 0 saturated heterocycles. The topological polar surface area (TPSA) is 51.0 Å². The lowest BCUT2D eigenvalue weighted by Gasteiger charge is -2.10. The molecule has 0 amide bonds. The van der Waals surface area contributed by atoms with E-state index in [0.717, 1.165) is 11.3 Å². The lowest BCUT2D eigenvalue weighted by Crippen LogP contribution is -2.09. The molecule has 0 bridgehead atoms. The number of H-pyrrole nitrogens is 1. The maximum absolute atomic E-state index is 5.79. The number of aryl methyl sites for hydroxylation is 2. The van der Waals surface area contributed by atoms with E-state index >= 15 is 0 Å². The van der Waals surface area contributed by atoms with Gasteiger partial charge >= 0.3 is 0 Å². The van der Waals surface area contributed by atoms with Crippen molar-refractivity contribution in [2.75, 3.05) is 13.7 Å². The van der Waals surface area contributed by atoms with E-state index in [2.05, 4.69) is 37.9 Å². The van der Waals surface area contributed by atoms with Crippen LogP contribution in [0.4, 0.5) is 0 Å². The maximum Gasteiger partial charge on any atom is 0.143 e. The quantitative estimate of drug-likeness (QED) is 0.855. The molecular weight excluding hydrogens is 212 g/mol. The maximum atomic E-state index is 5.79. The van der Waals surface area contributed by atoms with Crippen molar-refractivity contribution in [2.45, 2.75) is 26.7 Å². The van der Waals surface area contributed by atoms with Crippen LogP contribution in [0.2, 0.25) is 0 Å². The summed E-state index contributed by atoms with van der Waals surface area (Å²) >= 11 is 0. The monoisotopic (exact) mass is 232 g/mol. The zero-order valence-corrected chi connectivity index (χ0v) is 10.9. The van der Waals surface area contributed by atoms with Crippen LogP contribution < -0.4 is 10.5 Å². The molecule has 17 heavy (non-hydrogen) atoms. The van der Waals surface area contributed by atoms with Crippen LogP contribution in [-0.2, 0) is 0 Å². The predicted molar refractivity (Wildman–Crippen MR) is 71.8 cm³/mol. The highest BCUT2D eigenvalue weighted by molar-refractivity contribution is 5.90. The average Bonchev–Trinajstić information content (AvgIpc) is 2.63. The van der Waals surface area contributed by atoms with E-state index in [1.165, 1.54) is 22.2 Å². The van der Waals surface area contributed by atoms with Crippen molar-refractivity contribution in [1.82, 2.24) is 4.98 Å². The number of fused-ring (bicyclic) bond motifs is 1. The summed E-state index contributed by atoms with van der Waals surface area (Å²) in [4.78, 5) is 3.41. The highest BCUT2D eigenvalue weighted by Crippen LogP contribution is 2.34. The first kappa shape index (κ1) is 12.0. The summed E-state index contributed by atoms with van der Waals surface area (Å²) in [5.41, 5.74) is 10.6. The minimum Gasteiger partial charge on any atom is -0.495 e. The van der Waals surface area contributed by atoms with E-state index in [0.29, 0.717) is 12.5 Å². The van der Waals surface area contributed by atoms with E-state index in [4.69, 9.17) is 10.5 Å². The van der Waals surface area contributed by atoms with Gasteiger partial charge in [0.2, 0.25) is 0 Å². The highest BCUT2D eigenvalue weighted by atomic mass is 16.5. The van der Waals surface area contributed by atoms with E-state index in [9.17, 15) is 0 Å². The molecule has 1 atom stereocenters. The molecule has 3 nitrogen and oxygen atoms in total. The Labute approximate surface area is 102 Å². The van der Waals surface area contributed by atoms with Crippen LogP contribution in [-0.4, -0.2) is 18.6 Å². The molecule has 3 N–H and O–H groups in total. The largest absolute Gasteiger partial charge is 0.495 e. The summed E-state index contributed by atoms with van der Waals surface area (Å²) in [7, 11) is 1.70. The molecule has 0 fully saturated rings. The Balaban J connectivity index is 2.77. The zero-order valence-electron chi connectivity index (χ0n) is 10.9. The molecule has 1 unspecified atom stereocenters. The Bertz CT molecular complexity index is 543. The van der Waals surface area contributed by atoms with Crippen molar-refractivity contribution < 1.29 is 4.74 Å². The van der Waals surface area contributed by atoms with E-state index in [-0.39, 0.29) is 0 Å². The standard InChI is InChI=1S/C14H20N2O/c1-8-5-11-13(9(2)7-15)10(3)16-14(11)12(6-8)17-4/h5-6,9,16H,7,15H2,1-4H3. The van der Waals surface area contributed by atoms with Crippen molar-refractivity contribution >= 4 is 10.9 Å². The van der Waals surface area contributed by atoms with Gasteiger partial charge in [-0.15, -0.1) is 0 Å². The first-order valence-electron chi connectivity index (χ1n) is 5.95. The average molecular weight is 232 g/mol. The molecule has 0 aliphatic rings. The highest BCUT2D eigenvalue weighted by Gasteiger charge is 2.16. The van der Waals surface area contributed by atoms with E-state index < -0.39 is 0 Å². The smallest absolute Gasteiger partial charge is 0.143 e. The fourth-order valence-electron chi connectivity index (χ4n) is 2.47. The van der Waals surface area contributed by atoms with Crippen molar-refractivity contribution in [1.29, 1.82) is 0 Å². The van der Waals surface area contributed by atoms with Crippen LogP contribution in [0.1, 0.15) is 29.7 Å².